The van der Waals surface area contributed by atoms with Gasteiger partial charge in [-0.1, -0.05) is 6.42 Å². The number of carbonyl (C=O) groups excluding carboxylic acids is 1. The molecule has 0 radical (unpaired) electrons. The number of ether oxygens (including phenoxy) is 1. The van der Waals surface area contributed by atoms with Crippen LogP contribution in [0.2, 0.25) is 0 Å². The number of hydrogen-bond acceptors (Lipinski definition) is 2. The molecule has 0 heterocycles. The van der Waals surface area contributed by atoms with Gasteiger partial charge in [0.2, 0.25) is 0 Å². The maximum atomic E-state index is 11.0. The Kier molecular flexibility index (Phi) is 1.22. The van der Waals surface area contributed by atoms with Crippen LogP contribution in [0.15, 0.2) is 0 Å². The number of hydrogen-bond donors (Lipinski definition) is 0. The van der Waals surface area contributed by atoms with Gasteiger partial charge in [-0.25, -0.2) is 0 Å². The molecular weight excluding hydrogens is 128 g/mol. The molecule has 0 aromatic rings. The summed E-state index contributed by atoms with van der Waals surface area (Å²) in [5, 5.41) is 0. The van der Waals surface area contributed by atoms with Crippen molar-refractivity contribution in [1.29, 1.82) is 0 Å². The van der Waals surface area contributed by atoms with Crippen LogP contribution >= 0.6 is 0 Å². The van der Waals surface area contributed by atoms with E-state index in [1.54, 1.807) is 0 Å². The number of fused-ring (bicyclic) bond motifs is 1. The third-order valence-electron chi connectivity index (χ3n) is 2.88. The van der Waals surface area contributed by atoms with Gasteiger partial charge in [0.15, 0.2) is 0 Å². The zero-order valence-electron chi connectivity index (χ0n) is 6.17. The molecular formula is C8H12O2. The highest BCUT2D eigenvalue weighted by molar-refractivity contribution is 5.76. The van der Waals surface area contributed by atoms with Crippen LogP contribution in [0.5, 0.6) is 0 Å². The first kappa shape index (κ1) is 6.20. The van der Waals surface area contributed by atoms with Crippen LogP contribution in [0.25, 0.3) is 0 Å². The van der Waals surface area contributed by atoms with E-state index >= 15 is 0 Å². The van der Waals surface area contributed by atoms with Gasteiger partial charge in [0.1, 0.15) is 0 Å². The molecule has 0 aliphatic heterocycles. The minimum absolute atomic E-state index is 0.0229. The summed E-state index contributed by atoms with van der Waals surface area (Å²) in [6.07, 6.45) is 3.83. The first-order valence-electron chi connectivity index (χ1n) is 3.92. The van der Waals surface area contributed by atoms with Gasteiger partial charge in [-0.3, -0.25) is 4.79 Å². The maximum absolute atomic E-state index is 11.0. The van der Waals surface area contributed by atoms with E-state index in [2.05, 4.69) is 4.74 Å². The second kappa shape index (κ2) is 1.97. The van der Waals surface area contributed by atoms with Crippen molar-refractivity contribution in [1.82, 2.24) is 0 Å². The van der Waals surface area contributed by atoms with Crippen molar-refractivity contribution in [3.8, 4) is 0 Å². The Balaban J connectivity index is 1.94. The van der Waals surface area contributed by atoms with Gasteiger partial charge < -0.3 is 4.74 Å². The number of rotatable bonds is 1. The van der Waals surface area contributed by atoms with Crippen molar-refractivity contribution in [2.45, 2.75) is 19.3 Å². The van der Waals surface area contributed by atoms with Gasteiger partial charge in [0.25, 0.3) is 0 Å². The molecule has 2 nitrogen and oxygen atoms in total. The molecule has 2 rings (SSSR count). The molecule has 56 valence electrons. The van der Waals surface area contributed by atoms with E-state index in [9.17, 15) is 4.79 Å². The first-order valence-corrected chi connectivity index (χ1v) is 3.92. The van der Waals surface area contributed by atoms with E-state index < -0.39 is 0 Å². The second-order valence-electron chi connectivity index (χ2n) is 3.31. The highest BCUT2D eigenvalue weighted by Crippen LogP contribution is 2.57. The molecule has 0 aromatic carbocycles. The second-order valence-corrected chi connectivity index (χ2v) is 3.31. The molecule has 10 heavy (non-hydrogen) atoms. The van der Waals surface area contributed by atoms with Gasteiger partial charge in [-0.15, -0.1) is 0 Å². The Hall–Kier alpha value is -0.530. The molecule has 2 saturated carbocycles. The predicted molar refractivity (Wildman–Crippen MR) is 36.3 cm³/mol. The monoisotopic (exact) mass is 140 g/mol. The molecule has 0 aromatic heterocycles. The zero-order chi connectivity index (χ0) is 7.14. The van der Waals surface area contributed by atoms with Gasteiger partial charge in [-0.05, 0) is 24.7 Å². The number of esters is 1. The van der Waals surface area contributed by atoms with E-state index in [0.29, 0.717) is 17.8 Å². The molecule has 2 heteroatoms. The Morgan fingerprint density at radius 2 is 2.00 bits per heavy atom. The average molecular weight is 140 g/mol. The topological polar surface area (TPSA) is 26.3 Å². The molecule has 0 amide bonds. The smallest absolute Gasteiger partial charge is 0.309 e. The van der Waals surface area contributed by atoms with Crippen LogP contribution in [0, 0.1) is 17.8 Å². The lowest BCUT2D eigenvalue weighted by molar-refractivity contribution is -0.143. The maximum Gasteiger partial charge on any atom is 0.309 e. The summed E-state index contributed by atoms with van der Waals surface area (Å²) in [6.45, 7) is 0. The van der Waals surface area contributed by atoms with Crippen LogP contribution in [-0.4, -0.2) is 13.1 Å². The highest BCUT2D eigenvalue weighted by atomic mass is 16.5. The lowest BCUT2D eigenvalue weighted by atomic mass is 10.1. The summed E-state index contributed by atoms with van der Waals surface area (Å²) in [7, 11) is 1.48. The summed E-state index contributed by atoms with van der Waals surface area (Å²) >= 11 is 0. The zero-order valence-corrected chi connectivity index (χ0v) is 6.17. The molecule has 2 aliphatic rings. The van der Waals surface area contributed by atoms with E-state index in [1.807, 2.05) is 0 Å². The third-order valence-corrected chi connectivity index (χ3v) is 2.88. The SMILES string of the molecule is COC(=O)C1C2CCCC21. The van der Waals surface area contributed by atoms with Crippen molar-refractivity contribution in [2.75, 3.05) is 7.11 Å². The van der Waals surface area contributed by atoms with Crippen molar-refractivity contribution in [3.05, 3.63) is 0 Å². The molecule has 2 fully saturated rings. The molecule has 0 N–H and O–H groups in total. The van der Waals surface area contributed by atoms with Crippen LogP contribution in [0.1, 0.15) is 19.3 Å². The van der Waals surface area contributed by atoms with Gasteiger partial charge in [0, 0.05) is 0 Å². The third kappa shape index (κ3) is 0.678. The lowest BCUT2D eigenvalue weighted by Gasteiger charge is -1.98. The Bertz CT molecular complexity index is 155. The molecule has 2 atom stereocenters. The van der Waals surface area contributed by atoms with E-state index in [-0.39, 0.29) is 5.97 Å². The van der Waals surface area contributed by atoms with Crippen molar-refractivity contribution in [3.63, 3.8) is 0 Å². The van der Waals surface area contributed by atoms with Gasteiger partial charge >= 0.3 is 5.97 Å². The minimum Gasteiger partial charge on any atom is -0.469 e. The van der Waals surface area contributed by atoms with Crippen LogP contribution in [0.3, 0.4) is 0 Å². The largest absolute Gasteiger partial charge is 0.469 e. The summed E-state index contributed by atoms with van der Waals surface area (Å²) in [6, 6.07) is 0. The van der Waals surface area contributed by atoms with E-state index in [1.165, 1.54) is 26.4 Å². The average Bonchev–Trinajstić information content (AvgIpc) is 2.43. The summed E-state index contributed by atoms with van der Waals surface area (Å²) in [5.74, 6) is 1.72. The fourth-order valence-electron chi connectivity index (χ4n) is 2.31. The van der Waals surface area contributed by atoms with E-state index in [0.717, 1.165) is 0 Å². The molecule has 0 bridgehead atoms. The quantitative estimate of drug-likeness (QED) is 0.512. The lowest BCUT2D eigenvalue weighted by Crippen LogP contribution is -2.06. The minimum atomic E-state index is 0.0229. The van der Waals surface area contributed by atoms with Crippen LogP contribution in [0.4, 0.5) is 0 Å². The van der Waals surface area contributed by atoms with Crippen LogP contribution < -0.4 is 0 Å². The Morgan fingerprint density at radius 1 is 1.40 bits per heavy atom. The Morgan fingerprint density at radius 3 is 2.50 bits per heavy atom. The number of carbonyl (C=O) groups is 1. The van der Waals surface area contributed by atoms with Crippen molar-refractivity contribution >= 4 is 5.97 Å². The highest BCUT2D eigenvalue weighted by Gasteiger charge is 2.57. The summed E-state index contributed by atoms with van der Waals surface area (Å²) < 4.78 is 4.67. The van der Waals surface area contributed by atoms with E-state index in [4.69, 9.17) is 0 Å². The predicted octanol–water partition coefficient (Wildman–Crippen LogP) is 1.21. The standard InChI is InChI=1S/C8H12O2/c1-10-8(9)7-5-3-2-4-6(5)7/h5-7H,2-4H2,1H3. The summed E-state index contributed by atoms with van der Waals surface area (Å²) in [4.78, 5) is 11.0. The van der Waals surface area contributed by atoms with Gasteiger partial charge in [0.05, 0.1) is 13.0 Å². The normalized spacial score (nSPS) is 42.7. The number of methoxy groups -OCH3 is 1. The molecule has 2 aliphatic carbocycles. The first-order chi connectivity index (χ1) is 4.84. The molecule has 0 saturated heterocycles. The molecule has 0 spiro atoms. The van der Waals surface area contributed by atoms with Crippen molar-refractivity contribution < 1.29 is 9.53 Å². The van der Waals surface area contributed by atoms with Gasteiger partial charge in [-0.2, -0.15) is 0 Å². The molecule has 2 unspecified atom stereocenters. The fourth-order valence-corrected chi connectivity index (χ4v) is 2.31. The summed E-state index contributed by atoms with van der Waals surface area (Å²) in [5.41, 5.74) is 0. The Labute approximate surface area is 60.6 Å². The van der Waals surface area contributed by atoms with Crippen molar-refractivity contribution in [2.24, 2.45) is 17.8 Å². The van der Waals surface area contributed by atoms with Crippen LogP contribution in [-0.2, 0) is 9.53 Å². The fraction of sp³-hybridized carbons (Fsp3) is 0.875.